The number of hydrogen-bond acceptors (Lipinski definition) is 5. The van der Waals surface area contributed by atoms with Crippen LogP contribution in [0.15, 0.2) is 83.8 Å². The third-order valence-electron chi connectivity index (χ3n) is 7.36. The molecule has 1 atom stereocenters. The zero-order valence-corrected chi connectivity index (χ0v) is 25.4. The lowest BCUT2D eigenvalue weighted by Gasteiger charge is -2.21. The maximum Gasteiger partial charge on any atom is 0.303 e. The van der Waals surface area contributed by atoms with Crippen LogP contribution in [0.4, 0.5) is 0 Å². The van der Waals surface area contributed by atoms with Gasteiger partial charge in [0, 0.05) is 38.7 Å². The van der Waals surface area contributed by atoms with Gasteiger partial charge in [0.25, 0.3) is 0 Å². The summed E-state index contributed by atoms with van der Waals surface area (Å²) in [4.78, 5) is 16.3. The lowest BCUT2D eigenvalue weighted by Crippen LogP contribution is -2.28. The fourth-order valence-corrected chi connectivity index (χ4v) is 7.73. The number of nitrogens with zero attached hydrogens (tertiary/aromatic N) is 1. The van der Waals surface area contributed by atoms with Crippen molar-refractivity contribution in [3.8, 4) is 0 Å². The van der Waals surface area contributed by atoms with E-state index in [9.17, 15) is 18.3 Å². The molecule has 0 aliphatic heterocycles. The molecule has 1 heterocycles. The number of aryl methyl sites for hydroxylation is 2. The molecular weight excluding hydrogens is 599 g/mol. The number of pyridine rings is 1. The number of benzene rings is 3. The van der Waals surface area contributed by atoms with Gasteiger partial charge in [0.2, 0.25) is 10.0 Å². The number of aliphatic carboxylic acids is 1. The zero-order valence-electron chi connectivity index (χ0n) is 22.2. The maximum atomic E-state index is 13.0. The highest BCUT2D eigenvalue weighted by Crippen LogP contribution is 2.52. The molecule has 10 heteroatoms. The van der Waals surface area contributed by atoms with Gasteiger partial charge in [-0.2, -0.15) is 11.8 Å². The number of sulfonamides is 1. The van der Waals surface area contributed by atoms with Crippen molar-refractivity contribution in [1.82, 2.24) is 9.71 Å². The minimum atomic E-state index is -3.75. The normalized spacial score (nSPS) is 15.1. The summed E-state index contributed by atoms with van der Waals surface area (Å²) in [6.45, 7) is 0.176. The number of rotatable bonds is 13. The zero-order chi connectivity index (χ0) is 29.0. The van der Waals surface area contributed by atoms with Crippen LogP contribution < -0.4 is 4.72 Å². The highest BCUT2D eigenvalue weighted by atomic mass is 35.5. The van der Waals surface area contributed by atoms with Gasteiger partial charge in [-0.1, -0.05) is 59.6 Å². The number of carbonyl (C=O) groups is 1. The molecule has 0 radical (unpaired) electrons. The molecular formula is C31H30Cl2N2O4S2. The van der Waals surface area contributed by atoms with Crippen molar-refractivity contribution < 1.29 is 18.3 Å². The first kappa shape index (κ1) is 29.9. The van der Waals surface area contributed by atoms with Crippen molar-refractivity contribution in [2.24, 2.45) is 5.41 Å². The predicted octanol–water partition coefficient (Wildman–Crippen LogP) is 7.33. The molecule has 0 bridgehead atoms. The number of thioether (sulfide) groups is 1. The fraction of sp³-hybridized carbons (Fsp3) is 0.290. The van der Waals surface area contributed by atoms with Gasteiger partial charge in [-0.3, -0.25) is 9.78 Å². The fourth-order valence-electron chi connectivity index (χ4n) is 4.80. The topological polar surface area (TPSA) is 96.4 Å². The monoisotopic (exact) mass is 628 g/mol. The van der Waals surface area contributed by atoms with Crippen molar-refractivity contribution in [2.45, 2.75) is 42.2 Å². The summed E-state index contributed by atoms with van der Waals surface area (Å²) >= 11 is 13.7. The van der Waals surface area contributed by atoms with Crippen molar-refractivity contribution in [3.63, 3.8) is 0 Å². The Hall–Kier alpha value is -2.62. The van der Waals surface area contributed by atoms with Gasteiger partial charge in [-0.25, -0.2) is 13.1 Å². The molecule has 1 fully saturated rings. The molecule has 4 aromatic rings. The molecule has 2 N–H and O–H groups in total. The van der Waals surface area contributed by atoms with E-state index in [1.807, 2.05) is 36.4 Å². The first-order valence-electron chi connectivity index (χ1n) is 13.3. The molecule has 1 saturated carbocycles. The van der Waals surface area contributed by atoms with Crippen LogP contribution in [0.25, 0.3) is 10.9 Å². The van der Waals surface area contributed by atoms with Gasteiger partial charge in [-0.05, 0) is 84.7 Å². The SMILES string of the molecule is O=C(O)CC1(CSC(CNS(=O)(=O)c2ccc(Cl)cc2)c2cccc(CCc3ccc4ccc(Cl)cc4n3)c2)CC1. The van der Waals surface area contributed by atoms with Crippen molar-refractivity contribution >= 4 is 61.9 Å². The molecule has 6 nitrogen and oxygen atoms in total. The second kappa shape index (κ2) is 12.7. The van der Waals surface area contributed by atoms with Gasteiger partial charge >= 0.3 is 5.97 Å². The number of aromatic nitrogens is 1. The molecule has 1 aliphatic rings. The molecule has 3 aromatic carbocycles. The molecule has 5 rings (SSSR count). The first-order chi connectivity index (χ1) is 19.6. The van der Waals surface area contributed by atoms with Gasteiger partial charge in [0.05, 0.1) is 16.8 Å². The van der Waals surface area contributed by atoms with Gasteiger partial charge in [-0.15, -0.1) is 0 Å². The van der Waals surface area contributed by atoms with E-state index in [-0.39, 0.29) is 28.5 Å². The number of nitrogens with one attached hydrogen (secondary N) is 1. The van der Waals surface area contributed by atoms with Crippen LogP contribution in [0.1, 0.15) is 41.3 Å². The average Bonchev–Trinajstić information content (AvgIpc) is 3.70. The molecule has 0 saturated heterocycles. The number of hydrogen-bond donors (Lipinski definition) is 2. The van der Waals surface area contributed by atoms with E-state index in [0.29, 0.717) is 15.8 Å². The van der Waals surface area contributed by atoms with E-state index in [0.717, 1.165) is 53.4 Å². The molecule has 0 amide bonds. The van der Waals surface area contributed by atoms with Crippen LogP contribution >= 0.6 is 35.0 Å². The minimum Gasteiger partial charge on any atom is -0.481 e. The van der Waals surface area contributed by atoms with Gasteiger partial charge in [0.15, 0.2) is 0 Å². The van der Waals surface area contributed by atoms with Crippen LogP contribution in [-0.2, 0) is 27.7 Å². The van der Waals surface area contributed by atoms with E-state index < -0.39 is 16.0 Å². The summed E-state index contributed by atoms with van der Waals surface area (Å²) in [6.07, 6.45) is 3.39. The first-order valence-corrected chi connectivity index (χ1v) is 16.6. The summed E-state index contributed by atoms with van der Waals surface area (Å²) in [7, 11) is -3.75. The van der Waals surface area contributed by atoms with Gasteiger partial charge < -0.3 is 5.11 Å². The Morgan fingerprint density at radius 3 is 2.44 bits per heavy atom. The Labute approximate surface area is 254 Å². The van der Waals surface area contributed by atoms with Crippen LogP contribution in [-0.4, -0.2) is 36.8 Å². The quantitative estimate of drug-likeness (QED) is 0.161. The summed E-state index contributed by atoms with van der Waals surface area (Å²) in [5.41, 5.74) is 3.73. The Morgan fingerprint density at radius 2 is 1.71 bits per heavy atom. The lowest BCUT2D eigenvalue weighted by molar-refractivity contribution is -0.138. The van der Waals surface area contributed by atoms with E-state index in [1.165, 1.54) is 12.1 Å². The summed E-state index contributed by atoms with van der Waals surface area (Å²) < 4.78 is 28.8. The molecule has 41 heavy (non-hydrogen) atoms. The Bertz CT molecular complexity index is 1660. The second-order valence-electron chi connectivity index (χ2n) is 10.6. The molecule has 214 valence electrons. The van der Waals surface area contributed by atoms with E-state index in [1.54, 1.807) is 23.9 Å². The predicted molar refractivity (Wildman–Crippen MR) is 166 cm³/mol. The van der Waals surface area contributed by atoms with Crippen LogP contribution in [0.3, 0.4) is 0 Å². The minimum absolute atomic E-state index is 0.132. The lowest BCUT2D eigenvalue weighted by atomic mass is 10.0. The Balaban J connectivity index is 1.31. The van der Waals surface area contributed by atoms with Gasteiger partial charge in [0.1, 0.15) is 0 Å². The van der Waals surface area contributed by atoms with Crippen molar-refractivity contribution in [1.29, 1.82) is 0 Å². The average molecular weight is 630 g/mol. The molecule has 0 spiro atoms. The number of carboxylic acids is 1. The van der Waals surface area contributed by atoms with Crippen molar-refractivity contribution in [2.75, 3.05) is 12.3 Å². The van der Waals surface area contributed by atoms with Crippen LogP contribution in [0.2, 0.25) is 10.0 Å². The van der Waals surface area contributed by atoms with E-state index in [4.69, 9.17) is 28.2 Å². The van der Waals surface area contributed by atoms with E-state index in [2.05, 4.69) is 22.9 Å². The van der Waals surface area contributed by atoms with E-state index >= 15 is 0 Å². The third kappa shape index (κ3) is 8.02. The number of fused-ring (bicyclic) bond motifs is 1. The number of halogens is 2. The molecule has 1 unspecified atom stereocenters. The Kier molecular flexibility index (Phi) is 9.26. The summed E-state index contributed by atoms with van der Waals surface area (Å²) in [5, 5.41) is 11.3. The van der Waals surface area contributed by atoms with Crippen LogP contribution in [0.5, 0.6) is 0 Å². The largest absolute Gasteiger partial charge is 0.481 e. The molecule has 1 aromatic heterocycles. The highest BCUT2D eigenvalue weighted by Gasteiger charge is 2.44. The summed E-state index contributed by atoms with van der Waals surface area (Å²) in [6, 6.07) is 24.0. The Morgan fingerprint density at radius 1 is 0.976 bits per heavy atom. The van der Waals surface area contributed by atoms with Crippen molar-refractivity contribution in [3.05, 3.63) is 106 Å². The maximum absolute atomic E-state index is 13.0. The van der Waals surface area contributed by atoms with Crippen LogP contribution in [0, 0.1) is 5.41 Å². The highest BCUT2D eigenvalue weighted by molar-refractivity contribution is 7.99. The second-order valence-corrected chi connectivity index (χ2v) is 14.4. The number of carboxylic acid groups (broad SMARTS) is 1. The smallest absolute Gasteiger partial charge is 0.303 e. The molecule has 1 aliphatic carbocycles. The standard InChI is InChI=1S/C31H30Cl2N2O4S2/c32-24-8-12-27(13-9-24)41(38,39)34-19-29(40-20-31(14-15-31)18-30(36)37)23-3-1-2-21(16-23)4-10-26-11-6-22-5-7-25(33)17-28(22)35-26/h1-3,5-9,11-13,16-17,29,34H,4,10,14-15,18-20H2,(H,36,37). The third-order valence-corrected chi connectivity index (χ3v) is 10.9. The summed E-state index contributed by atoms with van der Waals surface area (Å²) in [5.74, 6) is -0.143.